The van der Waals surface area contributed by atoms with Crippen LogP contribution in [-0.4, -0.2) is 102 Å². The first kappa shape index (κ1) is 35.4. The molecule has 3 atom stereocenters. The maximum atomic E-state index is 13.5. The van der Waals surface area contributed by atoms with Crippen molar-refractivity contribution in [3.63, 3.8) is 0 Å². The van der Waals surface area contributed by atoms with Crippen LogP contribution in [0.4, 0.5) is 0 Å². The molecule has 0 bridgehead atoms. The minimum Gasteiger partial charge on any atom is -0.481 e. The third-order valence-electron chi connectivity index (χ3n) is 9.83. The van der Waals surface area contributed by atoms with E-state index in [0.717, 1.165) is 63.3 Å². The van der Waals surface area contributed by atoms with E-state index in [4.69, 9.17) is 24.2 Å². The maximum Gasteiger partial charge on any atom is 0.251 e. The largest absolute Gasteiger partial charge is 0.481 e. The van der Waals surface area contributed by atoms with Gasteiger partial charge in [0.1, 0.15) is 11.9 Å². The molecule has 1 aliphatic carbocycles. The summed E-state index contributed by atoms with van der Waals surface area (Å²) in [5, 5.41) is 0. The average molecular weight is 685 g/mol. The van der Waals surface area contributed by atoms with Crippen molar-refractivity contribution in [1.82, 2.24) is 24.7 Å². The van der Waals surface area contributed by atoms with E-state index < -0.39 is 0 Å². The third kappa shape index (κ3) is 7.70. The number of nitrogens with zero attached hydrogens (tertiary/aromatic N) is 5. The first-order valence-corrected chi connectivity index (χ1v) is 16.7. The second-order valence-electron chi connectivity index (χ2n) is 12.8. The highest BCUT2D eigenvalue weighted by Gasteiger charge is 2.44. The first-order chi connectivity index (χ1) is 22.1. The SMILES string of the molecule is CCOc1nc(C2CC2)nc(OC)c1CN1CC(C(c2ccccc2)c2ccccc2)N2CCN(C(=O)[C@H]3CCCO3)C[C@H]2C1.Cl.Cl. The minimum atomic E-state index is -0.298. The highest BCUT2D eigenvalue weighted by Crippen LogP contribution is 2.41. The number of fused-ring (bicyclic) bond motifs is 1. The van der Waals surface area contributed by atoms with Gasteiger partial charge in [0, 0.05) is 69.8 Å². The Kier molecular flexibility index (Phi) is 12.0. The van der Waals surface area contributed by atoms with Crippen molar-refractivity contribution < 1.29 is 19.0 Å². The quantitative estimate of drug-likeness (QED) is 0.285. The Labute approximate surface area is 290 Å². The number of carbonyl (C=O) groups excluding carboxylic acids is 1. The van der Waals surface area contributed by atoms with Crippen molar-refractivity contribution in [3.05, 3.63) is 83.2 Å². The predicted octanol–water partition coefficient (Wildman–Crippen LogP) is 5.31. The number of benzene rings is 2. The van der Waals surface area contributed by atoms with Gasteiger partial charge in [-0.1, -0.05) is 60.7 Å². The molecule has 11 heteroatoms. The third-order valence-corrected chi connectivity index (χ3v) is 9.83. The molecule has 0 radical (unpaired) electrons. The highest BCUT2D eigenvalue weighted by molar-refractivity contribution is 5.85. The molecule has 3 saturated heterocycles. The summed E-state index contributed by atoms with van der Waals surface area (Å²) in [7, 11) is 1.69. The smallest absolute Gasteiger partial charge is 0.251 e. The van der Waals surface area contributed by atoms with Crippen molar-refractivity contribution in [3.8, 4) is 11.8 Å². The van der Waals surface area contributed by atoms with Gasteiger partial charge in [-0.3, -0.25) is 14.6 Å². The lowest BCUT2D eigenvalue weighted by Gasteiger charge is -2.53. The van der Waals surface area contributed by atoms with Crippen LogP contribution in [0.25, 0.3) is 0 Å². The van der Waals surface area contributed by atoms with Gasteiger partial charge in [-0.15, -0.1) is 24.8 Å². The summed E-state index contributed by atoms with van der Waals surface area (Å²) in [6.45, 7) is 7.73. The summed E-state index contributed by atoms with van der Waals surface area (Å²) in [6.07, 6.45) is 3.70. The molecule has 3 aliphatic heterocycles. The van der Waals surface area contributed by atoms with E-state index in [1.165, 1.54) is 11.1 Å². The molecule has 1 aromatic heterocycles. The zero-order chi connectivity index (χ0) is 30.8. The van der Waals surface area contributed by atoms with Gasteiger partial charge in [0.2, 0.25) is 11.8 Å². The van der Waals surface area contributed by atoms with Crippen molar-refractivity contribution in [2.24, 2.45) is 0 Å². The van der Waals surface area contributed by atoms with Gasteiger partial charge >= 0.3 is 0 Å². The van der Waals surface area contributed by atoms with E-state index in [9.17, 15) is 4.79 Å². The van der Waals surface area contributed by atoms with Crippen molar-refractivity contribution in [2.75, 3.05) is 53.0 Å². The van der Waals surface area contributed by atoms with Crippen molar-refractivity contribution in [2.45, 2.75) is 69.2 Å². The second-order valence-corrected chi connectivity index (χ2v) is 12.8. The predicted molar refractivity (Wildman–Crippen MR) is 186 cm³/mol. The van der Waals surface area contributed by atoms with Gasteiger partial charge in [-0.25, -0.2) is 0 Å². The summed E-state index contributed by atoms with van der Waals surface area (Å²) >= 11 is 0. The lowest BCUT2D eigenvalue weighted by molar-refractivity contribution is -0.146. The molecule has 1 amide bonds. The van der Waals surface area contributed by atoms with Gasteiger partial charge in [0.15, 0.2) is 0 Å². The molecule has 9 nitrogen and oxygen atoms in total. The molecule has 254 valence electrons. The first-order valence-electron chi connectivity index (χ1n) is 16.7. The van der Waals surface area contributed by atoms with Crippen LogP contribution in [0.2, 0.25) is 0 Å². The Hall–Kier alpha value is -2.95. The lowest BCUT2D eigenvalue weighted by Crippen LogP contribution is -2.67. The van der Waals surface area contributed by atoms with Crippen LogP contribution in [0.15, 0.2) is 60.7 Å². The fourth-order valence-electron chi connectivity index (χ4n) is 7.54. The van der Waals surface area contributed by atoms with E-state index in [2.05, 4.69) is 75.4 Å². The van der Waals surface area contributed by atoms with E-state index in [0.29, 0.717) is 44.0 Å². The standard InChI is InChI=1S/C36H45N5O4.2ClH/c1-3-44-35-29(34(43-2)37-33(38-35)27-16-17-27)23-39-21-28-22-40(36(42)31-15-10-20-45-31)18-19-41(28)30(24-39)32(25-11-6-4-7-12-25)26-13-8-5-9-14-26;;/h4-9,11-14,27-28,30-32H,3,10,15-24H2,1-2H3;2*1H/t28-,30?,31-;;/m1../s1. The second kappa shape index (κ2) is 16.0. The molecule has 7 rings (SSSR count). The van der Waals surface area contributed by atoms with Crippen molar-refractivity contribution in [1.29, 1.82) is 0 Å². The molecular formula is C36H47Cl2N5O4. The summed E-state index contributed by atoms with van der Waals surface area (Å²) < 4.78 is 17.8. The van der Waals surface area contributed by atoms with Gasteiger partial charge in [0.05, 0.1) is 19.3 Å². The summed E-state index contributed by atoms with van der Waals surface area (Å²) in [6, 6.07) is 22.1. The molecule has 47 heavy (non-hydrogen) atoms. The van der Waals surface area contributed by atoms with Gasteiger partial charge in [0.25, 0.3) is 5.91 Å². The number of piperazine rings is 2. The van der Waals surface area contributed by atoms with Crippen LogP contribution >= 0.6 is 24.8 Å². The number of amides is 1. The number of hydrogen-bond acceptors (Lipinski definition) is 8. The van der Waals surface area contributed by atoms with Gasteiger partial charge in [-0.2, -0.15) is 9.97 Å². The number of carbonyl (C=O) groups is 1. The number of aromatic nitrogens is 2. The minimum absolute atomic E-state index is 0. The summed E-state index contributed by atoms with van der Waals surface area (Å²) in [5.74, 6) is 2.77. The van der Waals surface area contributed by atoms with E-state index in [1.54, 1.807) is 7.11 Å². The Morgan fingerprint density at radius 3 is 2.19 bits per heavy atom. The molecule has 0 spiro atoms. The number of methoxy groups -OCH3 is 1. The molecule has 1 unspecified atom stereocenters. The zero-order valence-corrected chi connectivity index (χ0v) is 29.0. The number of halogens is 2. The monoisotopic (exact) mass is 683 g/mol. The lowest BCUT2D eigenvalue weighted by atomic mass is 9.81. The van der Waals surface area contributed by atoms with Crippen LogP contribution in [0.1, 0.15) is 67.0 Å². The average Bonchev–Trinajstić information content (AvgIpc) is 3.79. The molecular weight excluding hydrogens is 637 g/mol. The Bertz CT molecular complexity index is 1420. The summed E-state index contributed by atoms with van der Waals surface area (Å²) in [4.78, 5) is 30.5. The molecule has 3 aromatic rings. The molecule has 4 aliphatic rings. The van der Waals surface area contributed by atoms with Gasteiger partial charge < -0.3 is 19.1 Å². The van der Waals surface area contributed by atoms with Crippen LogP contribution in [0, 0.1) is 0 Å². The van der Waals surface area contributed by atoms with Gasteiger partial charge in [-0.05, 0) is 43.7 Å². The number of hydrogen-bond donors (Lipinski definition) is 0. The summed E-state index contributed by atoms with van der Waals surface area (Å²) in [5.41, 5.74) is 3.50. The van der Waals surface area contributed by atoms with Crippen LogP contribution in [0.5, 0.6) is 11.8 Å². The zero-order valence-electron chi connectivity index (χ0n) is 27.3. The fraction of sp³-hybridized carbons (Fsp3) is 0.528. The van der Waals surface area contributed by atoms with Crippen LogP contribution < -0.4 is 9.47 Å². The molecule has 4 heterocycles. The fourth-order valence-corrected chi connectivity index (χ4v) is 7.54. The Morgan fingerprint density at radius 1 is 0.915 bits per heavy atom. The molecule has 2 aromatic carbocycles. The van der Waals surface area contributed by atoms with E-state index in [1.807, 2.05) is 6.92 Å². The Morgan fingerprint density at radius 2 is 1.60 bits per heavy atom. The highest BCUT2D eigenvalue weighted by atomic mass is 35.5. The van der Waals surface area contributed by atoms with Crippen molar-refractivity contribution >= 4 is 30.7 Å². The number of rotatable bonds is 10. The molecule has 0 N–H and O–H groups in total. The Balaban J connectivity index is 0.00000217. The topological polar surface area (TPSA) is 80.3 Å². The molecule has 1 saturated carbocycles. The van der Waals surface area contributed by atoms with Crippen LogP contribution in [-0.2, 0) is 16.1 Å². The normalized spacial score (nSPS) is 23.0. The van der Waals surface area contributed by atoms with E-state index in [-0.39, 0.29) is 54.8 Å². The molecule has 4 fully saturated rings. The van der Waals surface area contributed by atoms with E-state index >= 15 is 0 Å². The number of ether oxygens (including phenoxy) is 3. The van der Waals surface area contributed by atoms with Crippen LogP contribution in [0.3, 0.4) is 0 Å². The maximum absolute atomic E-state index is 13.5.